The van der Waals surface area contributed by atoms with Crippen LogP contribution in [0.2, 0.25) is 5.02 Å². The fraction of sp³-hybridized carbons (Fsp3) is 0.200. The van der Waals surface area contributed by atoms with E-state index in [0.717, 1.165) is 12.0 Å². The van der Waals surface area contributed by atoms with E-state index in [1.165, 1.54) is 18.3 Å². The number of rotatable bonds is 5. The molecule has 0 spiro atoms. The molecule has 0 fully saturated rings. The molecular formula is C15H14ClNO2S. The first kappa shape index (κ1) is 14.8. The lowest BCUT2D eigenvalue weighted by atomic mass is 10.1. The quantitative estimate of drug-likeness (QED) is 0.858. The average molecular weight is 308 g/mol. The van der Waals surface area contributed by atoms with Crippen LogP contribution in [-0.2, 0) is 6.42 Å². The number of hydrogen-bond acceptors (Lipinski definition) is 3. The van der Waals surface area contributed by atoms with Crippen molar-refractivity contribution in [2.45, 2.75) is 13.3 Å². The average Bonchev–Trinajstić information content (AvgIpc) is 2.88. The van der Waals surface area contributed by atoms with E-state index in [1.54, 1.807) is 11.4 Å². The molecule has 5 heteroatoms. The third-order valence-corrected chi connectivity index (χ3v) is 4.06. The molecule has 0 unspecified atom stereocenters. The molecule has 104 valence electrons. The summed E-state index contributed by atoms with van der Waals surface area (Å²) in [7, 11) is 0. The van der Waals surface area contributed by atoms with Gasteiger partial charge in [0.25, 0.3) is 5.91 Å². The summed E-state index contributed by atoms with van der Waals surface area (Å²) in [6.07, 6.45) is 0.718. The molecular weight excluding hydrogens is 294 g/mol. The zero-order chi connectivity index (χ0) is 14.5. The zero-order valence-corrected chi connectivity index (χ0v) is 12.6. The number of nitrogens with one attached hydrogen (secondary N) is 1. The van der Waals surface area contributed by atoms with Crippen molar-refractivity contribution in [2.75, 3.05) is 6.54 Å². The Labute approximate surface area is 126 Å². The number of ketones is 1. The van der Waals surface area contributed by atoms with Gasteiger partial charge < -0.3 is 5.32 Å². The molecule has 1 N–H and O–H groups in total. The first-order valence-electron chi connectivity index (χ1n) is 6.18. The van der Waals surface area contributed by atoms with Gasteiger partial charge in [-0.3, -0.25) is 9.59 Å². The van der Waals surface area contributed by atoms with E-state index in [-0.39, 0.29) is 11.7 Å². The molecule has 0 aliphatic carbocycles. The molecule has 0 saturated carbocycles. The summed E-state index contributed by atoms with van der Waals surface area (Å²) < 4.78 is 0. The molecule has 1 heterocycles. The Morgan fingerprint density at radius 1 is 1.30 bits per heavy atom. The molecule has 1 aromatic heterocycles. The maximum absolute atomic E-state index is 11.9. The van der Waals surface area contributed by atoms with E-state index in [0.29, 0.717) is 22.0 Å². The van der Waals surface area contributed by atoms with Gasteiger partial charge in [0.15, 0.2) is 5.78 Å². The van der Waals surface area contributed by atoms with Crippen molar-refractivity contribution < 1.29 is 9.59 Å². The van der Waals surface area contributed by atoms with Gasteiger partial charge in [0.1, 0.15) is 0 Å². The Bertz CT molecular complexity index is 636. The van der Waals surface area contributed by atoms with E-state index in [9.17, 15) is 9.59 Å². The van der Waals surface area contributed by atoms with E-state index >= 15 is 0 Å². The van der Waals surface area contributed by atoms with Crippen LogP contribution in [0.25, 0.3) is 0 Å². The minimum atomic E-state index is -0.157. The normalized spacial score (nSPS) is 10.3. The minimum absolute atomic E-state index is 0.0204. The number of benzene rings is 1. The van der Waals surface area contributed by atoms with Gasteiger partial charge in [0.05, 0.1) is 10.4 Å². The lowest BCUT2D eigenvalue weighted by Crippen LogP contribution is -2.25. The molecule has 3 nitrogen and oxygen atoms in total. The number of halogens is 1. The van der Waals surface area contributed by atoms with E-state index in [1.807, 2.05) is 24.3 Å². The van der Waals surface area contributed by atoms with Crippen LogP contribution in [0.4, 0.5) is 0 Å². The fourth-order valence-corrected chi connectivity index (χ4v) is 2.76. The van der Waals surface area contributed by atoms with Crippen molar-refractivity contribution in [3.05, 3.63) is 56.7 Å². The Hall–Kier alpha value is -1.65. The monoisotopic (exact) mass is 307 g/mol. The highest BCUT2D eigenvalue weighted by Gasteiger charge is 2.10. The lowest BCUT2D eigenvalue weighted by Gasteiger charge is -2.04. The molecule has 2 aromatic rings. The highest BCUT2D eigenvalue weighted by molar-refractivity contribution is 7.12. The first-order chi connectivity index (χ1) is 9.56. The summed E-state index contributed by atoms with van der Waals surface area (Å²) in [6, 6.07) is 9.18. The van der Waals surface area contributed by atoms with Crippen LogP contribution in [0.1, 0.15) is 32.5 Å². The van der Waals surface area contributed by atoms with Crippen molar-refractivity contribution in [2.24, 2.45) is 0 Å². The standard InChI is InChI=1S/C15H14ClNO2S/c1-10(18)14-8-12(9-20-14)15(19)17-6-5-11-3-2-4-13(16)7-11/h2-4,7-9H,5-6H2,1H3,(H,17,19). The van der Waals surface area contributed by atoms with Gasteiger partial charge in [0.2, 0.25) is 0 Å². The van der Waals surface area contributed by atoms with Gasteiger partial charge in [-0.15, -0.1) is 11.3 Å². The Morgan fingerprint density at radius 3 is 2.75 bits per heavy atom. The van der Waals surface area contributed by atoms with Gasteiger partial charge >= 0.3 is 0 Å². The van der Waals surface area contributed by atoms with Gasteiger partial charge in [-0.2, -0.15) is 0 Å². The highest BCUT2D eigenvalue weighted by Crippen LogP contribution is 2.15. The van der Waals surface area contributed by atoms with Crippen LogP contribution < -0.4 is 5.32 Å². The van der Waals surface area contributed by atoms with Crippen molar-refractivity contribution in [3.63, 3.8) is 0 Å². The predicted molar refractivity (Wildman–Crippen MR) is 81.8 cm³/mol. The molecule has 2 rings (SSSR count). The summed E-state index contributed by atoms with van der Waals surface area (Å²) in [4.78, 5) is 23.7. The molecule has 20 heavy (non-hydrogen) atoms. The van der Waals surface area contributed by atoms with E-state index in [2.05, 4.69) is 5.32 Å². The van der Waals surface area contributed by atoms with Crippen LogP contribution in [-0.4, -0.2) is 18.2 Å². The maximum atomic E-state index is 11.9. The van der Waals surface area contributed by atoms with Crippen molar-refractivity contribution in [1.82, 2.24) is 5.32 Å². The smallest absolute Gasteiger partial charge is 0.252 e. The number of Topliss-reactive ketones (excluding diaryl/α,β-unsaturated/α-hetero) is 1. The van der Waals surface area contributed by atoms with Gasteiger partial charge in [-0.1, -0.05) is 23.7 Å². The summed E-state index contributed by atoms with van der Waals surface area (Å²) in [5.41, 5.74) is 1.61. The van der Waals surface area contributed by atoms with Gasteiger partial charge in [-0.05, 0) is 37.1 Å². The van der Waals surface area contributed by atoms with Crippen LogP contribution in [0.15, 0.2) is 35.7 Å². The van der Waals surface area contributed by atoms with Crippen LogP contribution in [0.3, 0.4) is 0 Å². The van der Waals surface area contributed by atoms with Crippen LogP contribution >= 0.6 is 22.9 Å². The van der Waals surface area contributed by atoms with Crippen molar-refractivity contribution in [1.29, 1.82) is 0 Å². The number of carbonyl (C=O) groups is 2. The van der Waals surface area contributed by atoms with Gasteiger partial charge in [-0.25, -0.2) is 0 Å². The summed E-state index contributed by atoms with van der Waals surface area (Å²) in [5, 5.41) is 5.22. The summed E-state index contributed by atoms with van der Waals surface area (Å²) in [5.74, 6) is -0.177. The SMILES string of the molecule is CC(=O)c1cc(C(=O)NCCc2cccc(Cl)c2)cs1. The minimum Gasteiger partial charge on any atom is -0.352 e. The second kappa shape index (κ2) is 6.68. The first-order valence-corrected chi connectivity index (χ1v) is 7.44. The number of hydrogen-bond donors (Lipinski definition) is 1. The van der Waals surface area contributed by atoms with Gasteiger partial charge in [0, 0.05) is 16.9 Å². The maximum Gasteiger partial charge on any atom is 0.252 e. The molecule has 0 bridgehead atoms. The molecule has 1 aromatic carbocycles. The topological polar surface area (TPSA) is 46.2 Å². The Kier molecular flexibility index (Phi) is 4.93. The van der Waals surface area contributed by atoms with Crippen molar-refractivity contribution in [3.8, 4) is 0 Å². The number of carbonyl (C=O) groups excluding carboxylic acids is 2. The third-order valence-electron chi connectivity index (χ3n) is 2.80. The van der Waals surface area contributed by atoms with E-state index in [4.69, 9.17) is 11.6 Å². The second-order valence-electron chi connectivity index (χ2n) is 4.39. The number of amides is 1. The molecule has 0 radical (unpaired) electrons. The molecule has 0 aliphatic rings. The predicted octanol–water partition coefficient (Wildman–Crippen LogP) is 3.58. The summed E-state index contributed by atoms with van der Waals surface area (Å²) >= 11 is 7.19. The van der Waals surface area contributed by atoms with E-state index < -0.39 is 0 Å². The van der Waals surface area contributed by atoms with Crippen molar-refractivity contribution >= 4 is 34.6 Å². The number of thiophene rings is 1. The fourth-order valence-electron chi connectivity index (χ4n) is 1.75. The summed E-state index contributed by atoms with van der Waals surface area (Å²) in [6.45, 7) is 2.02. The largest absolute Gasteiger partial charge is 0.352 e. The Morgan fingerprint density at radius 2 is 2.10 bits per heavy atom. The van der Waals surface area contributed by atoms with Crippen LogP contribution in [0, 0.1) is 0 Å². The molecule has 1 amide bonds. The molecule has 0 atom stereocenters. The molecule has 0 saturated heterocycles. The van der Waals surface area contributed by atoms with Crippen LogP contribution in [0.5, 0.6) is 0 Å². The highest BCUT2D eigenvalue weighted by atomic mass is 35.5. The molecule has 0 aliphatic heterocycles. The zero-order valence-electron chi connectivity index (χ0n) is 11.0. The lowest BCUT2D eigenvalue weighted by molar-refractivity contribution is 0.0954. The Balaban J connectivity index is 1.87. The second-order valence-corrected chi connectivity index (χ2v) is 5.74. The third kappa shape index (κ3) is 3.92.